The predicted octanol–water partition coefficient (Wildman–Crippen LogP) is 4.10. The highest BCUT2D eigenvalue weighted by Crippen LogP contribution is 2.41. The lowest BCUT2D eigenvalue weighted by molar-refractivity contribution is -0.185. The minimum Gasteiger partial charge on any atom is -0.383 e. The number of aromatic nitrogens is 3. The van der Waals surface area contributed by atoms with Gasteiger partial charge in [-0.15, -0.1) is 0 Å². The highest BCUT2D eigenvalue weighted by atomic mass is 19.4. The Bertz CT molecular complexity index is 1300. The highest BCUT2D eigenvalue weighted by molar-refractivity contribution is 6.03. The molecule has 36 heavy (non-hydrogen) atoms. The largest absolute Gasteiger partial charge is 0.401 e. The molecular weight excluding hydrogens is 491 g/mol. The number of nitrogen functional groups attached to an aromatic ring is 1. The number of anilines is 2. The molecule has 0 atom stereocenters. The average Bonchev–Trinajstić information content (AvgIpc) is 3.34. The molecule has 0 aliphatic rings. The van der Waals surface area contributed by atoms with E-state index in [0.29, 0.717) is 0 Å². The zero-order chi connectivity index (χ0) is 27.2. The van der Waals surface area contributed by atoms with Crippen molar-refractivity contribution in [3.05, 3.63) is 46.7 Å². The van der Waals surface area contributed by atoms with Crippen molar-refractivity contribution in [3.63, 3.8) is 0 Å². The first kappa shape index (κ1) is 26.6. The molecule has 5 N–H and O–H groups in total. The first-order valence-electron chi connectivity index (χ1n) is 10.5. The number of amides is 2. The van der Waals surface area contributed by atoms with Gasteiger partial charge in [-0.25, -0.2) is 13.5 Å². The maximum Gasteiger partial charge on any atom is 0.401 e. The SMILES string of the molecule is CC(C)n1nc(-c2cc(F)c(CC(=O)Nc3cc(C(C)(C)C(F)(F)F)on3)c(F)c2)c(C(N)=O)c1N. The first-order valence-corrected chi connectivity index (χ1v) is 10.5. The summed E-state index contributed by atoms with van der Waals surface area (Å²) in [5, 5.41) is 9.66. The molecule has 2 aromatic heterocycles. The second-order valence-electron chi connectivity index (χ2n) is 8.85. The molecule has 14 heteroatoms. The number of alkyl halides is 3. The second-order valence-corrected chi connectivity index (χ2v) is 8.85. The lowest BCUT2D eigenvalue weighted by atomic mass is 9.89. The molecule has 9 nitrogen and oxygen atoms in total. The number of rotatable bonds is 7. The van der Waals surface area contributed by atoms with E-state index in [0.717, 1.165) is 32.0 Å². The van der Waals surface area contributed by atoms with Gasteiger partial charge in [0.05, 0.1) is 6.42 Å². The molecule has 0 radical (unpaired) electrons. The number of halogens is 5. The molecule has 0 unspecified atom stereocenters. The summed E-state index contributed by atoms with van der Waals surface area (Å²) in [6.07, 6.45) is -5.46. The molecule has 2 heterocycles. The van der Waals surface area contributed by atoms with Crippen LogP contribution in [0.2, 0.25) is 0 Å². The number of benzene rings is 1. The van der Waals surface area contributed by atoms with Gasteiger partial charge in [-0.2, -0.15) is 18.3 Å². The molecule has 194 valence electrons. The molecule has 0 fully saturated rings. The molecule has 1 aromatic carbocycles. The van der Waals surface area contributed by atoms with E-state index < -0.39 is 52.8 Å². The summed E-state index contributed by atoms with van der Waals surface area (Å²) in [6, 6.07) is 2.32. The van der Waals surface area contributed by atoms with Gasteiger partial charge in [0.1, 0.15) is 34.1 Å². The van der Waals surface area contributed by atoms with Crippen LogP contribution >= 0.6 is 0 Å². The van der Waals surface area contributed by atoms with Gasteiger partial charge in [0.15, 0.2) is 11.6 Å². The normalized spacial score (nSPS) is 12.3. The predicted molar refractivity (Wildman–Crippen MR) is 119 cm³/mol. The Morgan fingerprint density at radius 3 is 2.22 bits per heavy atom. The van der Waals surface area contributed by atoms with Crippen molar-refractivity contribution in [2.45, 2.75) is 51.7 Å². The Balaban J connectivity index is 1.86. The Morgan fingerprint density at radius 2 is 1.72 bits per heavy atom. The Kier molecular flexibility index (Phi) is 6.84. The van der Waals surface area contributed by atoms with Gasteiger partial charge in [0.25, 0.3) is 5.91 Å². The zero-order valence-corrected chi connectivity index (χ0v) is 19.6. The Labute approximate surface area is 201 Å². The summed E-state index contributed by atoms with van der Waals surface area (Å²) >= 11 is 0. The molecule has 0 aliphatic carbocycles. The van der Waals surface area contributed by atoms with E-state index in [1.165, 1.54) is 4.68 Å². The average molecular weight is 514 g/mol. The lowest BCUT2D eigenvalue weighted by Crippen LogP contribution is -2.35. The molecule has 0 saturated carbocycles. The zero-order valence-electron chi connectivity index (χ0n) is 19.6. The summed E-state index contributed by atoms with van der Waals surface area (Å²) in [5.41, 5.74) is 7.80. The highest BCUT2D eigenvalue weighted by Gasteiger charge is 2.51. The van der Waals surface area contributed by atoms with Crippen molar-refractivity contribution in [1.82, 2.24) is 14.9 Å². The molecule has 3 rings (SSSR count). The van der Waals surface area contributed by atoms with Crippen LogP contribution in [0.4, 0.5) is 33.6 Å². The molecular formula is C22H23F5N6O3. The Hall–Kier alpha value is -3.97. The van der Waals surface area contributed by atoms with Crippen molar-refractivity contribution in [1.29, 1.82) is 0 Å². The fraction of sp³-hybridized carbons (Fsp3) is 0.364. The van der Waals surface area contributed by atoms with E-state index in [2.05, 4.69) is 20.1 Å². The molecule has 0 saturated heterocycles. The lowest BCUT2D eigenvalue weighted by Gasteiger charge is -2.24. The van der Waals surface area contributed by atoms with E-state index >= 15 is 0 Å². The van der Waals surface area contributed by atoms with Gasteiger partial charge in [-0.1, -0.05) is 5.16 Å². The molecule has 0 spiro atoms. The number of primary amides is 1. The summed E-state index contributed by atoms with van der Waals surface area (Å²) in [7, 11) is 0. The van der Waals surface area contributed by atoms with Crippen molar-refractivity contribution >= 4 is 23.5 Å². The summed E-state index contributed by atoms with van der Waals surface area (Å²) in [6.45, 7) is 5.19. The second kappa shape index (κ2) is 9.24. The van der Waals surface area contributed by atoms with Crippen LogP contribution in [0.5, 0.6) is 0 Å². The van der Waals surface area contributed by atoms with Gasteiger partial charge < -0.3 is 21.3 Å². The minimum atomic E-state index is -4.65. The van der Waals surface area contributed by atoms with Gasteiger partial charge in [0.2, 0.25) is 5.91 Å². The summed E-state index contributed by atoms with van der Waals surface area (Å²) in [5.74, 6) is -5.16. The number of hydrogen-bond donors (Lipinski definition) is 3. The molecule has 3 aromatic rings. The quantitative estimate of drug-likeness (QED) is 0.405. The van der Waals surface area contributed by atoms with Gasteiger partial charge in [-0.05, 0) is 39.8 Å². The number of nitrogens with one attached hydrogen (secondary N) is 1. The van der Waals surface area contributed by atoms with E-state index in [-0.39, 0.29) is 34.5 Å². The first-order chi connectivity index (χ1) is 16.5. The van der Waals surface area contributed by atoms with Crippen LogP contribution in [0.1, 0.15) is 55.4 Å². The third-order valence-corrected chi connectivity index (χ3v) is 5.54. The number of nitrogens with two attached hydrogens (primary N) is 2. The summed E-state index contributed by atoms with van der Waals surface area (Å²) in [4.78, 5) is 24.2. The van der Waals surface area contributed by atoms with Crippen molar-refractivity contribution < 1.29 is 36.1 Å². The number of carbonyl (C=O) groups is 2. The van der Waals surface area contributed by atoms with Crippen molar-refractivity contribution in [2.75, 3.05) is 11.1 Å². The van der Waals surface area contributed by atoms with Crippen molar-refractivity contribution in [3.8, 4) is 11.3 Å². The molecule has 2 amide bonds. The number of carbonyl (C=O) groups excluding carboxylic acids is 2. The topological polar surface area (TPSA) is 142 Å². The monoisotopic (exact) mass is 514 g/mol. The van der Waals surface area contributed by atoms with Crippen LogP contribution in [-0.4, -0.2) is 32.9 Å². The van der Waals surface area contributed by atoms with E-state index in [4.69, 9.17) is 11.5 Å². The van der Waals surface area contributed by atoms with E-state index in [9.17, 15) is 31.5 Å². The van der Waals surface area contributed by atoms with Crippen LogP contribution < -0.4 is 16.8 Å². The molecule has 0 bridgehead atoms. The van der Waals surface area contributed by atoms with Gasteiger partial charge in [0, 0.05) is 23.2 Å². The maximum atomic E-state index is 14.8. The smallest absolute Gasteiger partial charge is 0.383 e. The fourth-order valence-electron chi connectivity index (χ4n) is 3.31. The van der Waals surface area contributed by atoms with Crippen LogP contribution in [0.25, 0.3) is 11.3 Å². The Morgan fingerprint density at radius 1 is 1.14 bits per heavy atom. The van der Waals surface area contributed by atoms with Gasteiger partial charge >= 0.3 is 6.18 Å². The van der Waals surface area contributed by atoms with Crippen LogP contribution in [0, 0.1) is 11.6 Å². The van der Waals surface area contributed by atoms with Crippen LogP contribution in [0.15, 0.2) is 22.7 Å². The van der Waals surface area contributed by atoms with E-state index in [1.807, 2.05) is 0 Å². The fourth-order valence-corrected chi connectivity index (χ4v) is 3.31. The van der Waals surface area contributed by atoms with Gasteiger partial charge in [-0.3, -0.25) is 9.59 Å². The third-order valence-electron chi connectivity index (χ3n) is 5.54. The van der Waals surface area contributed by atoms with Crippen LogP contribution in [0.3, 0.4) is 0 Å². The molecule has 0 aliphatic heterocycles. The minimum absolute atomic E-state index is 0.0718. The standard InChI is InChI=1S/C22H23F5N6O3/c1-9(2)33-19(28)17(20(29)35)18(31-33)10-5-12(23)11(13(24)6-10)7-16(34)30-15-8-14(36-32-15)21(3,4)22(25,26)27/h5-6,8-9H,7,28H2,1-4H3,(H2,29,35)(H,30,32,34). The maximum absolute atomic E-state index is 14.8. The van der Waals surface area contributed by atoms with E-state index in [1.54, 1.807) is 13.8 Å². The number of nitrogens with zero attached hydrogens (tertiary/aromatic N) is 3. The number of hydrogen-bond acceptors (Lipinski definition) is 6. The van der Waals surface area contributed by atoms with Crippen LogP contribution in [-0.2, 0) is 16.6 Å². The van der Waals surface area contributed by atoms with Crippen molar-refractivity contribution in [2.24, 2.45) is 5.73 Å². The third kappa shape index (κ3) is 4.88. The summed E-state index contributed by atoms with van der Waals surface area (Å²) < 4.78 is 75.1.